The van der Waals surface area contributed by atoms with Gasteiger partial charge in [-0.05, 0) is 30.9 Å². The Bertz CT molecular complexity index is 311. The second-order valence-electron chi connectivity index (χ2n) is 4.21. The van der Waals surface area contributed by atoms with Crippen molar-refractivity contribution >= 4 is 5.69 Å². The molecule has 0 saturated carbocycles. The zero-order valence-corrected chi connectivity index (χ0v) is 8.61. The summed E-state index contributed by atoms with van der Waals surface area (Å²) in [5, 5.41) is 9.38. The number of phenolic OH excluding ortho intramolecular Hbond substituents is 1. The number of hydrogen-bond acceptors (Lipinski definition) is 2. The third kappa shape index (κ3) is 2.00. The predicted octanol–water partition coefficient (Wildman–Crippen LogP) is 2.63. The number of piperidine rings is 1. The maximum atomic E-state index is 9.38. The fraction of sp³-hybridized carbons (Fsp3) is 0.500. The summed E-state index contributed by atoms with van der Waals surface area (Å²) in [5.41, 5.74) is 1.15. The molecule has 1 atom stereocenters. The Balaban J connectivity index is 2.14. The van der Waals surface area contributed by atoms with Crippen molar-refractivity contribution in [3.63, 3.8) is 0 Å². The molecule has 1 aliphatic rings. The summed E-state index contributed by atoms with van der Waals surface area (Å²) in [6, 6.07) is 7.54. The number of rotatable bonds is 1. The molecule has 1 aromatic carbocycles. The largest absolute Gasteiger partial charge is 0.508 e. The second-order valence-corrected chi connectivity index (χ2v) is 4.21. The van der Waals surface area contributed by atoms with Crippen LogP contribution in [0.25, 0.3) is 0 Å². The second kappa shape index (κ2) is 3.91. The summed E-state index contributed by atoms with van der Waals surface area (Å²) in [6.07, 6.45) is 2.59. The molecule has 0 bridgehead atoms. The van der Waals surface area contributed by atoms with Crippen LogP contribution >= 0.6 is 0 Å². The molecule has 2 heteroatoms. The summed E-state index contributed by atoms with van der Waals surface area (Å²) < 4.78 is 0. The fourth-order valence-corrected chi connectivity index (χ4v) is 2.11. The van der Waals surface area contributed by atoms with Gasteiger partial charge in [-0.25, -0.2) is 0 Å². The molecule has 1 saturated heterocycles. The highest BCUT2D eigenvalue weighted by Gasteiger charge is 2.16. The summed E-state index contributed by atoms with van der Waals surface area (Å²) in [5.74, 6) is 1.13. The summed E-state index contributed by atoms with van der Waals surface area (Å²) in [7, 11) is 0. The van der Waals surface area contributed by atoms with Crippen molar-refractivity contribution in [2.75, 3.05) is 18.0 Å². The number of hydrogen-bond donors (Lipinski definition) is 1. The van der Waals surface area contributed by atoms with Crippen LogP contribution in [0, 0.1) is 5.92 Å². The normalized spacial score (nSPS) is 22.4. The van der Waals surface area contributed by atoms with Gasteiger partial charge in [-0.2, -0.15) is 0 Å². The van der Waals surface area contributed by atoms with Gasteiger partial charge >= 0.3 is 0 Å². The average Bonchev–Trinajstić information content (AvgIpc) is 2.18. The zero-order chi connectivity index (χ0) is 9.97. The van der Waals surface area contributed by atoms with Crippen LogP contribution in [0.15, 0.2) is 24.3 Å². The minimum atomic E-state index is 0.362. The first-order valence-corrected chi connectivity index (χ1v) is 5.29. The van der Waals surface area contributed by atoms with Gasteiger partial charge in [0.1, 0.15) is 5.75 Å². The third-order valence-electron chi connectivity index (χ3n) is 2.85. The van der Waals surface area contributed by atoms with E-state index in [9.17, 15) is 5.11 Å². The Labute approximate surface area is 85.2 Å². The molecule has 0 amide bonds. The van der Waals surface area contributed by atoms with Crippen molar-refractivity contribution in [3.8, 4) is 5.75 Å². The van der Waals surface area contributed by atoms with Gasteiger partial charge < -0.3 is 10.0 Å². The molecule has 1 N–H and O–H groups in total. The van der Waals surface area contributed by atoms with E-state index in [-0.39, 0.29) is 0 Å². The van der Waals surface area contributed by atoms with E-state index >= 15 is 0 Å². The van der Waals surface area contributed by atoms with E-state index < -0.39 is 0 Å². The molecule has 14 heavy (non-hydrogen) atoms. The van der Waals surface area contributed by atoms with Crippen molar-refractivity contribution in [2.24, 2.45) is 5.92 Å². The van der Waals surface area contributed by atoms with Gasteiger partial charge in [-0.1, -0.05) is 13.0 Å². The van der Waals surface area contributed by atoms with Crippen molar-refractivity contribution < 1.29 is 5.11 Å². The van der Waals surface area contributed by atoms with E-state index in [4.69, 9.17) is 0 Å². The summed E-state index contributed by atoms with van der Waals surface area (Å²) >= 11 is 0. The maximum Gasteiger partial charge on any atom is 0.117 e. The predicted molar refractivity (Wildman–Crippen MR) is 58.7 cm³/mol. The molecule has 1 fully saturated rings. The van der Waals surface area contributed by atoms with Crippen LogP contribution < -0.4 is 4.90 Å². The molecule has 0 aromatic heterocycles. The number of nitrogens with zero attached hydrogens (tertiary/aromatic N) is 1. The van der Waals surface area contributed by atoms with Crippen molar-refractivity contribution in [2.45, 2.75) is 19.8 Å². The Morgan fingerprint density at radius 1 is 1.43 bits per heavy atom. The first-order chi connectivity index (χ1) is 6.75. The Kier molecular flexibility index (Phi) is 2.62. The van der Waals surface area contributed by atoms with Crippen LogP contribution in [-0.4, -0.2) is 18.2 Å². The molecular formula is C12H17NO. The number of anilines is 1. The van der Waals surface area contributed by atoms with Gasteiger partial charge in [-0.3, -0.25) is 0 Å². The minimum absolute atomic E-state index is 0.362. The maximum absolute atomic E-state index is 9.38. The Morgan fingerprint density at radius 3 is 3.00 bits per heavy atom. The lowest BCUT2D eigenvalue weighted by atomic mass is 10.00. The highest BCUT2D eigenvalue weighted by Crippen LogP contribution is 2.25. The van der Waals surface area contributed by atoms with E-state index in [2.05, 4.69) is 17.9 Å². The van der Waals surface area contributed by atoms with Gasteiger partial charge in [0.15, 0.2) is 0 Å². The fourth-order valence-electron chi connectivity index (χ4n) is 2.11. The van der Waals surface area contributed by atoms with E-state index in [1.807, 2.05) is 12.1 Å². The molecule has 1 unspecified atom stereocenters. The lowest BCUT2D eigenvalue weighted by Gasteiger charge is -2.32. The van der Waals surface area contributed by atoms with Gasteiger partial charge in [0.2, 0.25) is 0 Å². The standard InChI is InChI=1S/C12H17NO/c1-10-4-3-7-13(9-10)11-5-2-6-12(14)8-11/h2,5-6,8,10,14H,3-4,7,9H2,1H3. The number of phenols is 1. The Hall–Kier alpha value is -1.18. The van der Waals surface area contributed by atoms with Crippen LogP contribution in [0.4, 0.5) is 5.69 Å². The van der Waals surface area contributed by atoms with Crippen molar-refractivity contribution in [1.29, 1.82) is 0 Å². The van der Waals surface area contributed by atoms with Crippen LogP contribution in [-0.2, 0) is 0 Å². The lowest BCUT2D eigenvalue weighted by Crippen LogP contribution is -2.34. The molecule has 1 aliphatic heterocycles. The Morgan fingerprint density at radius 2 is 2.29 bits per heavy atom. The van der Waals surface area contributed by atoms with Crippen LogP contribution in [0.3, 0.4) is 0 Å². The van der Waals surface area contributed by atoms with E-state index in [1.54, 1.807) is 6.07 Å². The minimum Gasteiger partial charge on any atom is -0.508 e. The van der Waals surface area contributed by atoms with Crippen LogP contribution in [0.1, 0.15) is 19.8 Å². The molecule has 76 valence electrons. The van der Waals surface area contributed by atoms with Crippen LogP contribution in [0.5, 0.6) is 5.75 Å². The van der Waals surface area contributed by atoms with Gasteiger partial charge in [0.25, 0.3) is 0 Å². The monoisotopic (exact) mass is 191 g/mol. The molecule has 2 rings (SSSR count). The summed E-state index contributed by atoms with van der Waals surface area (Å²) in [6.45, 7) is 4.52. The summed E-state index contributed by atoms with van der Waals surface area (Å²) in [4.78, 5) is 2.36. The highest BCUT2D eigenvalue weighted by atomic mass is 16.3. The van der Waals surface area contributed by atoms with E-state index in [1.165, 1.54) is 12.8 Å². The molecule has 1 aromatic rings. The van der Waals surface area contributed by atoms with Gasteiger partial charge in [-0.15, -0.1) is 0 Å². The average molecular weight is 191 g/mol. The number of aromatic hydroxyl groups is 1. The molecule has 1 heterocycles. The molecule has 0 aliphatic carbocycles. The quantitative estimate of drug-likeness (QED) is 0.737. The van der Waals surface area contributed by atoms with E-state index in [0.717, 1.165) is 24.7 Å². The smallest absolute Gasteiger partial charge is 0.117 e. The molecule has 2 nitrogen and oxygen atoms in total. The number of benzene rings is 1. The van der Waals surface area contributed by atoms with Gasteiger partial charge in [0, 0.05) is 24.8 Å². The van der Waals surface area contributed by atoms with Crippen molar-refractivity contribution in [3.05, 3.63) is 24.3 Å². The molecule has 0 radical (unpaired) electrons. The van der Waals surface area contributed by atoms with Crippen LogP contribution in [0.2, 0.25) is 0 Å². The van der Waals surface area contributed by atoms with E-state index in [0.29, 0.717) is 5.75 Å². The van der Waals surface area contributed by atoms with Gasteiger partial charge in [0.05, 0.1) is 0 Å². The SMILES string of the molecule is CC1CCCN(c2cccc(O)c2)C1. The first-order valence-electron chi connectivity index (χ1n) is 5.29. The molecule has 0 spiro atoms. The highest BCUT2D eigenvalue weighted by molar-refractivity contribution is 5.50. The first kappa shape index (κ1) is 9.38. The zero-order valence-electron chi connectivity index (χ0n) is 8.61. The topological polar surface area (TPSA) is 23.5 Å². The third-order valence-corrected chi connectivity index (χ3v) is 2.85. The lowest BCUT2D eigenvalue weighted by molar-refractivity contribution is 0.444. The van der Waals surface area contributed by atoms with Crippen molar-refractivity contribution in [1.82, 2.24) is 0 Å². The molecular weight excluding hydrogens is 174 g/mol.